The summed E-state index contributed by atoms with van der Waals surface area (Å²) in [5, 5.41) is 9.83. The van der Waals surface area contributed by atoms with Crippen LogP contribution in [0.2, 0.25) is 4.47 Å². The third kappa shape index (κ3) is 3.45. The number of hydrogen-bond acceptors (Lipinski definition) is 4. The van der Waals surface area contributed by atoms with Crippen molar-refractivity contribution in [3.8, 4) is 5.75 Å². The van der Waals surface area contributed by atoms with Crippen LogP contribution < -0.4 is 4.74 Å². The standard InChI is InChI=1S/C13H14ClNO2S/c1-13(2,16)9-3-5-10(6-4-9)17-8-11-7-15-12(14)18-11/h3-7,16H,8H2,1-2H3. The van der Waals surface area contributed by atoms with E-state index in [-0.39, 0.29) is 0 Å². The maximum absolute atomic E-state index is 9.83. The summed E-state index contributed by atoms with van der Waals surface area (Å²) in [5.41, 5.74) is 0.0275. The molecular weight excluding hydrogens is 270 g/mol. The zero-order valence-corrected chi connectivity index (χ0v) is 11.8. The molecule has 3 nitrogen and oxygen atoms in total. The number of thiazole rings is 1. The molecule has 1 aromatic heterocycles. The Labute approximate surface area is 115 Å². The van der Waals surface area contributed by atoms with Crippen LogP contribution in [-0.2, 0) is 12.2 Å². The molecule has 2 rings (SSSR count). The highest BCUT2D eigenvalue weighted by Crippen LogP contribution is 2.24. The van der Waals surface area contributed by atoms with Crippen LogP contribution in [0.5, 0.6) is 5.75 Å². The molecule has 1 N–H and O–H groups in total. The number of hydrogen-bond donors (Lipinski definition) is 1. The predicted octanol–water partition coefficient (Wildman–Crippen LogP) is 3.60. The van der Waals surface area contributed by atoms with E-state index in [4.69, 9.17) is 16.3 Å². The molecule has 96 valence electrons. The Morgan fingerprint density at radius 3 is 2.50 bits per heavy atom. The van der Waals surface area contributed by atoms with E-state index in [1.807, 2.05) is 24.3 Å². The lowest BCUT2D eigenvalue weighted by Gasteiger charge is -2.17. The van der Waals surface area contributed by atoms with Gasteiger partial charge in [0.1, 0.15) is 12.4 Å². The van der Waals surface area contributed by atoms with Crippen molar-refractivity contribution in [3.63, 3.8) is 0 Å². The first-order chi connectivity index (χ1) is 8.45. The first-order valence-electron chi connectivity index (χ1n) is 5.51. The Hall–Kier alpha value is -1.10. The number of halogens is 1. The fraction of sp³-hybridized carbons (Fsp3) is 0.308. The van der Waals surface area contributed by atoms with Crippen LogP contribution >= 0.6 is 22.9 Å². The van der Waals surface area contributed by atoms with Crippen LogP contribution in [0.15, 0.2) is 30.5 Å². The van der Waals surface area contributed by atoms with E-state index in [1.54, 1.807) is 20.0 Å². The van der Waals surface area contributed by atoms with E-state index in [0.29, 0.717) is 11.1 Å². The summed E-state index contributed by atoms with van der Waals surface area (Å²) < 4.78 is 6.12. The molecule has 1 heterocycles. The van der Waals surface area contributed by atoms with Crippen LogP contribution in [0.3, 0.4) is 0 Å². The van der Waals surface area contributed by atoms with Gasteiger partial charge in [0.05, 0.1) is 10.5 Å². The van der Waals surface area contributed by atoms with Crippen molar-refractivity contribution >= 4 is 22.9 Å². The Morgan fingerprint density at radius 2 is 2.00 bits per heavy atom. The lowest BCUT2D eigenvalue weighted by atomic mass is 9.99. The highest BCUT2D eigenvalue weighted by atomic mass is 35.5. The molecule has 1 aromatic carbocycles. The number of aromatic nitrogens is 1. The summed E-state index contributed by atoms with van der Waals surface area (Å²) in [6.45, 7) is 3.95. The van der Waals surface area contributed by atoms with Crippen LogP contribution in [0.4, 0.5) is 0 Å². The zero-order chi connectivity index (χ0) is 13.2. The highest BCUT2D eigenvalue weighted by Gasteiger charge is 2.15. The van der Waals surface area contributed by atoms with Crippen molar-refractivity contribution in [2.75, 3.05) is 0 Å². The van der Waals surface area contributed by atoms with Crippen molar-refractivity contribution in [1.82, 2.24) is 4.98 Å². The summed E-state index contributed by atoms with van der Waals surface area (Å²) >= 11 is 7.14. The van der Waals surface area contributed by atoms with Gasteiger partial charge in [0, 0.05) is 6.20 Å². The van der Waals surface area contributed by atoms with Gasteiger partial charge in [0.25, 0.3) is 0 Å². The lowest BCUT2D eigenvalue weighted by molar-refractivity contribution is 0.0785. The Kier molecular flexibility index (Phi) is 3.90. The Balaban J connectivity index is 1.98. The molecule has 2 aromatic rings. The van der Waals surface area contributed by atoms with Gasteiger partial charge in [-0.25, -0.2) is 4.98 Å². The fourth-order valence-corrected chi connectivity index (χ4v) is 2.35. The Morgan fingerprint density at radius 1 is 1.33 bits per heavy atom. The van der Waals surface area contributed by atoms with Crippen LogP contribution in [0, 0.1) is 0 Å². The molecule has 0 aliphatic rings. The molecule has 5 heteroatoms. The van der Waals surface area contributed by atoms with E-state index >= 15 is 0 Å². The van der Waals surface area contributed by atoms with Crippen molar-refractivity contribution in [1.29, 1.82) is 0 Å². The topological polar surface area (TPSA) is 42.4 Å². The van der Waals surface area contributed by atoms with Crippen molar-refractivity contribution in [2.24, 2.45) is 0 Å². The minimum Gasteiger partial charge on any atom is -0.488 e. The van der Waals surface area contributed by atoms with E-state index in [2.05, 4.69) is 4.98 Å². The predicted molar refractivity (Wildman–Crippen MR) is 73.1 cm³/mol. The normalized spacial score (nSPS) is 11.6. The maximum Gasteiger partial charge on any atom is 0.183 e. The minimum atomic E-state index is -0.830. The molecule has 0 saturated heterocycles. The van der Waals surface area contributed by atoms with Gasteiger partial charge in [-0.05, 0) is 31.5 Å². The van der Waals surface area contributed by atoms with Crippen molar-refractivity contribution < 1.29 is 9.84 Å². The number of benzene rings is 1. The zero-order valence-electron chi connectivity index (χ0n) is 10.2. The van der Waals surface area contributed by atoms with Gasteiger partial charge in [0.2, 0.25) is 0 Å². The molecule has 0 unspecified atom stereocenters. The third-order valence-electron chi connectivity index (χ3n) is 2.47. The first-order valence-corrected chi connectivity index (χ1v) is 6.70. The van der Waals surface area contributed by atoms with E-state index in [1.165, 1.54) is 11.3 Å². The molecule has 0 aliphatic heterocycles. The number of nitrogens with zero attached hydrogens (tertiary/aromatic N) is 1. The van der Waals surface area contributed by atoms with Crippen LogP contribution in [0.1, 0.15) is 24.3 Å². The van der Waals surface area contributed by atoms with Gasteiger partial charge < -0.3 is 9.84 Å². The molecule has 0 atom stereocenters. The summed E-state index contributed by atoms with van der Waals surface area (Å²) in [6, 6.07) is 7.40. The minimum absolute atomic E-state index is 0.451. The van der Waals surface area contributed by atoms with E-state index in [9.17, 15) is 5.11 Å². The molecule has 0 radical (unpaired) electrons. The van der Waals surface area contributed by atoms with Gasteiger partial charge in [-0.3, -0.25) is 0 Å². The molecule has 0 aliphatic carbocycles. The van der Waals surface area contributed by atoms with Gasteiger partial charge in [0.15, 0.2) is 4.47 Å². The van der Waals surface area contributed by atoms with Gasteiger partial charge in [-0.2, -0.15) is 0 Å². The van der Waals surface area contributed by atoms with Gasteiger partial charge >= 0.3 is 0 Å². The van der Waals surface area contributed by atoms with Crippen LogP contribution in [-0.4, -0.2) is 10.1 Å². The van der Waals surface area contributed by atoms with Crippen molar-refractivity contribution in [3.05, 3.63) is 45.4 Å². The summed E-state index contributed by atoms with van der Waals surface area (Å²) in [4.78, 5) is 4.92. The van der Waals surface area contributed by atoms with Crippen molar-refractivity contribution in [2.45, 2.75) is 26.1 Å². The van der Waals surface area contributed by atoms with Gasteiger partial charge in [-0.15, -0.1) is 11.3 Å². The second-order valence-electron chi connectivity index (χ2n) is 4.45. The average Bonchev–Trinajstić information content (AvgIpc) is 2.72. The van der Waals surface area contributed by atoms with Crippen LogP contribution in [0.25, 0.3) is 0 Å². The molecule has 0 spiro atoms. The molecular formula is C13H14ClNO2S. The number of rotatable bonds is 4. The van der Waals surface area contributed by atoms with E-state index < -0.39 is 5.60 Å². The second kappa shape index (κ2) is 5.26. The maximum atomic E-state index is 9.83. The average molecular weight is 284 g/mol. The fourth-order valence-electron chi connectivity index (χ4n) is 1.46. The molecule has 0 bridgehead atoms. The third-order valence-corrected chi connectivity index (χ3v) is 3.56. The molecule has 0 saturated carbocycles. The second-order valence-corrected chi connectivity index (χ2v) is 6.15. The van der Waals surface area contributed by atoms with Gasteiger partial charge in [-0.1, -0.05) is 23.7 Å². The highest BCUT2D eigenvalue weighted by molar-refractivity contribution is 7.15. The molecule has 0 amide bonds. The lowest BCUT2D eigenvalue weighted by Crippen LogP contribution is -2.14. The molecule has 0 fully saturated rings. The molecule has 18 heavy (non-hydrogen) atoms. The first kappa shape index (κ1) is 13.3. The largest absolute Gasteiger partial charge is 0.488 e. The number of aliphatic hydroxyl groups is 1. The summed E-state index contributed by atoms with van der Waals surface area (Å²) in [6.07, 6.45) is 1.71. The summed E-state index contributed by atoms with van der Waals surface area (Å²) in [7, 11) is 0. The monoisotopic (exact) mass is 283 g/mol. The Bertz CT molecular complexity index is 517. The SMILES string of the molecule is CC(C)(O)c1ccc(OCc2cnc(Cl)s2)cc1. The number of ether oxygens (including phenoxy) is 1. The smallest absolute Gasteiger partial charge is 0.183 e. The quantitative estimate of drug-likeness (QED) is 0.932. The summed E-state index contributed by atoms with van der Waals surface area (Å²) in [5.74, 6) is 0.757. The van der Waals surface area contributed by atoms with E-state index in [0.717, 1.165) is 16.2 Å².